The molecule has 0 aliphatic carbocycles. The Morgan fingerprint density at radius 2 is 2.08 bits per heavy atom. The van der Waals surface area contributed by atoms with Crippen molar-refractivity contribution in [3.05, 3.63) is 57.4 Å². The number of thiazole rings is 1. The Morgan fingerprint density at radius 1 is 1.31 bits per heavy atom. The zero-order chi connectivity index (χ0) is 18.5. The lowest BCUT2D eigenvalue weighted by atomic mass is 10.1. The maximum Gasteiger partial charge on any atom is 0.203 e. The van der Waals surface area contributed by atoms with Crippen LogP contribution in [-0.4, -0.2) is 22.9 Å². The predicted molar refractivity (Wildman–Crippen MR) is 110 cm³/mol. The molecule has 0 fully saturated rings. The molecule has 26 heavy (non-hydrogen) atoms. The number of hydrogen-bond acceptors (Lipinski definition) is 6. The van der Waals surface area contributed by atoms with E-state index in [0.29, 0.717) is 22.0 Å². The number of nitrogens with one attached hydrogen (secondary N) is 1. The van der Waals surface area contributed by atoms with Crippen molar-refractivity contribution in [1.29, 1.82) is 0 Å². The zero-order valence-electron chi connectivity index (χ0n) is 14.4. The molecule has 0 bridgehead atoms. The first-order chi connectivity index (χ1) is 12.6. The molecule has 0 aliphatic rings. The summed E-state index contributed by atoms with van der Waals surface area (Å²) in [5.74, 6) is 0.499. The van der Waals surface area contributed by atoms with Gasteiger partial charge in [-0.2, -0.15) is 5.10 Å². The van der Waals surface area contributed by atoms with Crippen molar-refractivity contribution < 1.29 is 9.84 Å². The van der Waals surface area contributed by atoms with Gasteiger partial charge in [-0.25, -0.2) is 4.98 Å². The number of nitrogens with zero attached hydrogens (tertiary/aromatic N) is 2. The van der Waals surface area contributed by atoms with Gasteiger partial charge in [-0.3, -0.25) is 5.43 Å². The molecule has 0 saturated carbocycles. The Hall–Kier alpha value is -2.38. The van der Waals surface area contributed by atoms with Crippen LogP contribution in [0.4, 0.5) is 5.13 Å². The molecule has 0 amide bonds. The summed E-state index contributed by atoms with van der Waals surface area (Å²) in [4.78, 5) is 4.54. The molecule has 134 valence electrons. The SMILES string of the molecule is CCOc1cc(/C=N\Nc2nc(-c3ccc(C)cc3)cs2)cc(Br)c1O. The second kappa shape index (κ2) is 8.33. The van der Waals surface area contributed by atoms with Crippen LogP contribution in [0.5, 0.6) is 11.5 Å². The Morgan fingerprint density at radius 3 is 2.81 bits per heavy atom. The van der Waals surface area contributed by atoms with Gasteiger partial charge in [-0.15, -0.1) is 11.3 Å². The summed E-state index contributed by atoms with van der Waals surface area (Å²) in [6.07, 6.45) is 1.65. The number of halogens is 1. The van der Waals surface area contributed by atoms with Crippen LogP contribution in [0.1, 0.15) is 18.1 Å². The highest BCUT2D eigenvalue weighted by molar-refractivity contribution is 9.10. The summed E-state index contributed by atoms with van der Waals surface area (Å²) in [5.41, 5.74) is 6.94. The van der Waals surface area contributed by atoms with Crippen LogP contribution in [0, 0.1) is 6.92 Å². The molecule has 5 nitrogen and oxygen atoms in total. The summed E-state index contributed by atoms with van der Waals surface area (Å²) >= 11 is 4.81. The molecule has 0 saturated heterocycles. The standard InChI is InChI=1S/C19H18BrN3O2S/c1-3-25-17-9-13(8-15(20)18(17)24)10-21-23-19-22-16(11-26-19)14-6-4-12(2)5-7-14/h4-11,24H,3H2,1-2H3,(H,22,23)/b21-10-. The monoisotopic (exact) mass is 431 g/mol. The van der Waals surface area contributed by atoms with Gasteiger partial charge in [0.1, 0.15) is 0 Å². The van der Waals surface area contributed by atoms with E-state index in [9.17, 15) is 5.11 Å². The van der Waals surface area contributed by atoms with Crippen molar-refractivity contribution in [3.63, 3.8) is 0 Å². The molecule has 0 aliphatic heterocycles. The second-order valence-electron chi connectivity index (χ2n) is 5.56. The number of anilines is 1. The van der Waals surface area contributed by atoms with Gasteiger partial charge in [0.25, 0.3) is 0 Å². The quantitative estimate of drug-likeness (QED) is 0.403. The van der Waals surface area contributed by atoms with Crippen molar-refractivity contribution in [3.8, 4) is 22.8 Å². The number of benzene rings is 2. The average molecular weight is 432 g/mol. The lowest BCUT2D eigenvalue weighted by Crippen LogP contribution is -1.95. The zero-order valence-corrected chi connectivity index (χ0v) is 16.8. The highest BCUT2D eigenvalue weighted by Crippen LogP contribution is 2.35. The topological polar surface area (TPSA) is 66.7 Å². The molecule has 3 rings (SSSR count). The van der Waals surface area contributed by atoms with E-state index >= 15 is 0 Å². The van der Waals surface area contributed by atoms with E-state index in [0.717, 1.165) is 16.8 Å². The fraction of sp³-hybridized carbons (Fsp3) is 0.158. The molecule has 0 spiro atoms. The van der Waals surface area contributed by atoms with Crippen molar-refractivity contribution in [2.24, 2.45) is 5.10 Å². The van der Waals surface area contributed by atoms with Gasteiger partial charge in [-0.1, -0.05) is 29.8 Å². The maximum absolute atomic E-state index is 9.94. The van der Waals surface area contributed by atoms with E-state index in [1.54, 1.807) is 18.3 Å². The number of phenolic OH excluding ortho intramolecular Hbond substituents is 1. The summed E-state index contributed by atoms with van der Waals surface area (Å²) in [5, 5.41) is 16.9. The Kier molecular flexibility index (Phi) is 5.90. The van der Waals surface area contributed by atoms with E-state index in [1.165, 1.54) is 16.9 Å². The van der Waals surface area contributed by atoms with Gasteiger partial charge < -0.3 is 9.84 Å². The molecular formula is C19H18BrN3O2S. The molecule has 0 radical (unpaired) electrons. The van der Waals surface area contributed by atoms with E-state index in [4.69, 9.17) is 4.74 Å². The minimum atomic E-state index is 0.0830. The third kappa shape index (κ3) is 4.42. The van der Waals surface area contributed by atoms with Crippen molar-refractivity contribution >= 4 is 38.6 Å². The van der Waals surface area contributed by atoms with Gasteiger partial charge in [0.2, 0.25) is 5.13 Å². The summed E-state index contributed by atoms with van der Waals surface area (Å²) < 4.78 is 5.97. The first-order valence-corrected chi connectivity index (χ1v) is 9.71. The largest absolute Gasteiger partial charge is 0.503 e. The Labute approximate surface area is 164 Å². The summed E-state index contributed by atoms with van der Waals surface area (Å²) in [7, 11) is 0. The number of aromatic hydroxyl groups is 1. The van der Waals surface area contributed by atoms with Crippen LogP contribution in [0.15, 0.2) is 51.4 Å². The van der Waals surface area contributed by atoms with Crippen LogP contribution in [-0.2, 0) is 0 Å². The first kappa shape index (κ1) is 18.4. The minimum absolute atomic E-state index is 0.0830. The third-order valence-corrected chi connectivity index (χ3v) is 4.93. The van der Waals surface area contributed by atoms with Crippen molar-refractivity contribution in [2.75, 3.05) is 12.0 Å². The lowest BCUT2D eigenvalue weighted by molar-refractivity contribution is 0.317. The highest BCUT2D eigenvalue weighted by Gasteiger charge is 2.08. The van der Waals surface area contributed by atoms with Crippen LogP contribution in [0.3, 0.4) is 0 Å². The molecule has 2 N–H and O–H groups in total. The van der Waals surface area contributed by atoms with Crippen LogP contribution in [0.25, 0.3) is 11.3 Å². The van der Waals surface area contributed by atoms with E-state index < -0.39 is 0 Å². The first-order valence-electron chi connectivity index (χ1n) is 8.03. The number of ether oxygens (including phenoxy) is 1. The van der Waals surface area contributed by atoms with Crippen molar-refractivity contribution in [1.82, 2.24) is 4.98 Å². The predicted octanol–water partition coefficient (Wildman–Crippen LogP) is 5.43. The molecule has 7 heteroatoms. The minimum Gasteiger partial charge on any atom is -0.503 e. The second-order valence-corrected chi connectivity index (χ2v) is 7.27. The van der Waals surface area contributed by atoms with E-state index in [1.807, 2.05) is 12.3 Å². The van der Waals surface area contributed by atoms with E-state index in [-0.39, 0.29) is 5.75 Å². The summed E-state index contributed by atoms with van der Waals surface area (Å²) in [6, 6.07) is 11.7. The Bertz CT molecular complexity index is 923. The number of aryl methyl sites for hydroxylation is 1. The molecular weight excluding hydrogens is 414 g/mol. The lowest BCUT2D eigenvalue weighted by Gasteiger charge is -2.08. The van der Waals surface area contributed by atoms with Crippen LogP contribution >= 0.6 is 27.3 Å². The number of phenols is 1. The number of hydrazone groups is 1. The fourth-order valence-corrected chi connectivity index (χ4v) is 3.41. The molecule has 0 unspecified atom stereocenters. The van der Waals surface area contributed by atoms with E-state index in [2.05, 4.69) is 62.6 Å². The van der Waals surface area contributed by atoms with Gasteiger partial charge in [-0.05, 0) is 47.5 Å². The smallest absolute Gasteiger partial charge is 0.203 e. The van der Waals surface area contributed by atoms with Crippen molar-refractivity contribution in [2.45, 2.75) is 13.8 Å². The molecule has 2 aromatic carbocycles. The van der Waals surface area contributed by atoms with Crippen LogP contribution < -0.4 is 10.2 Å². The number of rotatable bonds is 6. The normalized spacial score (nSPS) is 11.0. The van der Waals surface area contributed by atoms with Gasteiger partial charge >= 0.3 is 0 Å². The number of hydrogen-bond donors (Lipinski definition) is 2. The number of aromatic nitrogens is 1. The molecule has 1 aromatic heterocycles. The maximum atomic E-state index is 9.94. The highest BCUT2D eigenvalue weighted by atomic mass is 79.9. The van der Waals surface area contributed by atoms with Gasteiger partial charge in [0.15, 0.2) is 11.5 Å². The van der Waals surface area contributed by atoms with Gasteiger partial charge in [0.05, 0.1) is 23.0 Å². The molecule has 3 aromatic rings. The molecule has 0 atom stereocenters. The third-order valence-electron chi connectivity index (χ3n) is 3.58. The Balaban J connectivity index is 1.70. The van der Waals surface area contributed by atoms with Crippen LogP contribution in [0.2, 0.25) is 0 Å². The average Bonchev–Trinajstić information content (AvgIpc) is 3.09. The van der Waals surface area contributed by atoms with Gasteiger partial charge in [0, 0.05) is 10.9 Å². The molecule has 1 heterocycles. The summed E-state index contributed by atoms with van der Waals surface area (Å²) in [6.45, 7) is 4.40. The fourth-order valence-electron chi connectivity index (χ4n) is 2.28.